The first-order valence-corrected chi connectivity index (χ1v) is 10.2. The van der Waals surface area contributed by atoms with Gasteiger partial charge in [0.2, 0.25) is 11.8 Å². The number of para-hydroxylation sites is 1. The summed E-state index contributed by atoms with van der Waals surface area (Å²) in [5.74, 6) is 0.145. The van der Waals surface area contributed by atoms with Gasteiger partial charge in [-0.15, -0.1) is 0 Å². The standard InChI is InChI=1S/C25H18N4O6/c1-31-14-19(25(30)32-2)17-8-4-5-9-18(17)20-11-24(35-29-20)34-23-12-22(27-15-28-23)33-21-10-6-3-7-16(21)13-26/h3-12,14-15H,1-2H3/b19-14-. The van der Waals surface area contributed by atoms with Crippen LogP contribution in [0.1, 0.15) is 11.1 Å². The zero-order valence-corrected chi connectivity index (χ0v) is 18.7. The molecule has 0 amide bonds. The van der Waals surface area contributed by atoms with Gasteiger partial charge in [0, 0.05) is 11.1 Å². The van der Waals surface area contributed by atoms with Gasteiger partial charge in [-0.25, -0.2) is 14.8 Å². The number of aromatic nitrogens is 3. The fourth-order valence-electron chi connectivity index (χ4n) is 3.12. The van der Waals surface area contributed by atoms with E-state index in [2.05, 4.69) is 21.2 Å². The van der Waals surface area contributed by atoms with Gasteiger partial charge in [-0.3, -0.25) is 0 Å². The van der Waals surface area contributed by atoms with E-state index in [1.165, 1.54) is 32.9 Å². The summed E-state index contributed by atoms with van der Waals surface area (Å²) in [5.41, 5.74) is 2.12. The lowest BCUT2D eigenvalue weighted by Gasteiger charge is -2.09. The van der Waals surface area contributed by atoms with Crippen molar-refractivity contribution in [2.45, 2.75) is 0 Å². The van der Waals surface area contributed by atoms with E-state index in [0.29, 0.717) is 28.1 Å². The third-order valence-electron chi connectivity index (χ3n) is 4.67. The quantitative estimate of drug-likeness (QED) is 0.202. The molecule has 2 heterocycles. The smallest absolute Gasteiger partial charge is 0.341 e. The highest BCUT2D eigenvalue weighted by atomic mass is 16.6. The zero-order chi connectivity index (χ0) is 24.6. The second-order valence-corrected chi connectivity index (χ2v) is 6.84. The molecule has 0 spiro atoms. The second-order valence-electron chi connectivity index (χ2n) is 6.84. The van der Waals surface area contributed by atoms with Crippen molar-refractivity contribution in [3.8, 4) is 40.8 Å². The Labute approximate surface area is 200 Å². The molecule has 0 saturated heterocycles. The van der Waals surface area contributed by atoms with Gasteiger partial charge in [0.15, 0.2) is 0 Å². The Bertz CT molecular complexity index is 1420. The van der Waals surface area contributed by atoms with Gasteiger partial charge in [0.05, 0.1) is 38.2 Å². The fraction of sp³-hybridized carbons (Fsp3) is 0.0800. The lowest BCUT2D eigenvalue weighted by molar-refractivity contribution is -0.133. The Morgan fingerprint density at radius 2 is 1.74 bits per heavy atom. The van der Waals surface area contributed by atoms with Gasteiger partial charge in [0.1, 0.15) is 29.4 Å². The average Bonchev–Trinajstić information content (AvgIpc) is 3.35. The van der Waals surface area contributed by atoms with Crippen molar-refractivity contribution in [1.29, 1.82) is 5.26 Å². The number of carbonyl (C=O) groups is 1. The van der Waals surface area contributed by atoms with Crippen molar-refractivity contribution in [1.82, 2.24) is 15.1 Å². The van der Waals surface area contributed by atoms with Crippen LogP contribution >= 0.6 is 0 Å². The van der Waals surface area contributed by atoms with Gasteiger partial charge in [-0.05, 0) is 12.1 Å². The molecular weight excluding hydrogens is 452 g/mol. The summed E-state index contributed by atoms with van der Waals surface area (Å²) in [4.78, 5) is 20.4. The van der Waals surface area contributed by atoms with Crippen LogP contribution in [0, 0.1) is 11.3 Å². The number of carbonyl (C=O) groups excluding carboxylic acids is 1. The third-order valence-corrected chi connectivity index (χ3v) is 4.67. The summed E-state index contributed by atoms with van der Waals surface area (Å²) in [5, 5.41) is 13.3. The summed E-state index contributed by atoms with van der Waals surface area (Å²) >= 11 is 0. The molecule has 10 nitrogen and oxygen atoms in total. The van der Waals surface area contributed by atoms with Crippen LogP contribution in [0.3, 0.4) is 0 Å². The maximum absolute atomic E-state index is 12.3. The molecule has 0 radical (unpaired) electrons. The van der Waals surface area contributed by atoms with Gasteiger partial charge < -0.3 is 23.5 Å². The molecule has 2 aromatic heterocycles. The Hall–Kier alpha value is -5.17. The summed E-state index contributed by atoms with van der Waals surface area (Å²) in [6.07, 6.45) is 2.56. The van der Waals surface area contributed by atoms with Crippen molar-refractivity contribution in [3.63, 3.8) is 0 Å². The number of esters is 1. The lowest BCUT2D eigenvalue weighted by atomic mass is 9.98. The van der Waals surface area contributed by atoms with Gasteiger partial charge in [-0.2, -0.15) is 5.26 Å². The van der Waals surface area contributed by atoms with Crippen LogP contribution in [-0.4, -0.2) is 35.3 Å². The van der Waals surface area contributed by atoms with E-state index in [0.717, 1.165) is 0 Å². The molecule has 0 N–H and O–H groups in total. The zero-order valence-electron chi connectivity index (χ0n) is 18.7. The van der Waals surface area contributed by atoms with Crippen molar-refractivity contribution >= 4 is 11.5 Å². The highest BCUT2D eigenvalue weighted by molar-refractivity contribution is 6.17. The second kappa shape index (κ2) is 10.6. The van der Waals surface area contributed by atoms with E-state index in [1.807, 2.05) is 0 Å². The van der Waals surface area contributed by atoms with E-state index in [1.54, 1.807) is 54.6 Å². The molecule has 0 aliphatic rings. The molecule has 2 aromatic carbocycles. The van der Waals surface area contributed by atoms with Crippen LogP contribution in [0.5, 0.6) is 23.5 Å². The predicted molar refractivity (Wildman–Crippen MR) is 122 cm³/mol. The summed E-state index contributed by atoms with van der Waals surface area (Å²) in [6.45, 7) is 0. The number of rotatable bonds is 8. The van der Waals surface area contributed by atoms with Crippen molar-refractivity contribution < 1.29 is 28.3 Å². The van der Waals surface area contributed by atoms with Crippen LogP contribution in [0.2, 0.25) is 0 Å². The van der Waals surface area contributed by atoms with Crippen LogP contribution in [0.15, 0.2) is 77.8 Å². The Kier molecular flexibility index (Phi) is 6.99. The van der Waals surface area contributed by atoms with Crippen molar-refractivity contribution in [3.05, 3.63) is 84.4 Å². The first-order valence-electron chi connectivity index (χ1n) is 10.2. The minimum absolute atomic E-state index is 0.0483. The molecule has 0 bridgehead atoms. The number of benzene rings is 2. The van der Waals surface area contributed by atoms with E-state index in [-0.39, 0.29) is 23.3 Å². The number of hydrogen-bond donors (Lipinski definition) is 0. The first-order chi connectivity index (χ1) is 17.1. The van der Waals surface area contributed by atoms with Crippen LogP contribution in [-0.2, 0) is 14.3 Å². The Morgan fingerprint density at radius 3 is 2.51 bits per heavy atom. The minimum atomic E-state index is -0.564. The minimum Gasteiger partial charge on any atom is -0.503 e. The van der Waals surface area contributed by atoms with E-state index in [4.69, 9.17) is 23.5 Å². The Morgan fingerprint density at radius 1 is 1.00 bits per heavy atom. The number of methoxy groups -OCH3 is 2. The number of nitriles is 1. The lowest BCUT2D eigenvalue weighted by Crippen LogP contribution is -2.05. The summed E-state index contributed by atoms with van der Waals surface area (Å²) in [6, 6.07) is 18.9. The van der Waals surface area contributed by atoms with E-state index < -0.39 is 5.97 Å². The molecule has 35 heavy (non-hydrogen) atoms. The molecule has 0 fully saturated rings. The topological polar surface area (TPSA) is 130 Å². The van der Waals surface area contributed by atoms with Crippen LogP contribution in [0.25, 0.3) is 16.8 Å². The van der Waals surface area contributed by atoms with Gasteiger partial charge in [0.25, 0.3) is 0 Å². The highest BCUT2D eigenvalue weighted by Crippen LogP contribution is 2.33. The molecule has 0 aliphatic heterocycles. The van der Waals surface area contributed by atoms with Crippen LogP contribution in [0.4, 0.5) is 0 Å². The fourth-order valence-corrected chi connectivity index (χ4v) is 3.12. The van der Waals surface area contributed by atoms with Crippen LogP contribution < -0.4 is 9.47 Å². The molecule has 4 aromatic rings. The normalized spacial score (nSPS) is 10.8. The summed E-state index contributed by atoms with van der Waals surface area (Å²) in [7, 11) is 2.72. The maximum atomic E-state index is 12.3. The average molecular weight is 470 g/mol. The van der Waals surface area contributed by atoms with E-state index >= 15 is 0 Å². The number of nitrogens with zero attached hydrogens (tertiary/aromatic N) is 4. The van der Waals surface area contributed by atoms with Crippen molar-refractivity contribution in [2.75, 3.05) is 14.2 Å². The maximum Gasteiger partial charge on any atom is 0.341 e. The SMILES string of the molecule is CO/C=C(\C(=O)OC)c1ccccc1-c1cc(Oc2cc(Oc3ccccc3C#N)ncn2)on1. The van der Waals surface area contributed by atoms with Crippen molar-refractivity contribution in [2.24, 2.45) is 0 Å². The first kappa shape index (κ1) is 23.0. The molecule has 0 atom stereocenters. The number of hydrogen-bond acceptors (Lipinski definition) is 10. The molecule has 0 saturated carbocycles. The molecule has 0 unspecified atom stereocenters. The monoisotopic (exact) mass is 470 g/mol. The molecule has 0 aliphatic carbocycles. The highest BCUT2D eigenvalue weighted by Gasteiger charge is 2.20. The molecular formula is C25H18N4O6. The molecule has 4 rings (SSSR count). The van der Waals surface area contributed by atoms with Gasteiger partial charge >= 0.3 is 11.9 Å². The number of ether oxygens (including phenoxy) is 4. The largest absolute Gasteiger partial charge is 0.503 e. The van der Waals surface area contributed by atoms with Gasteiger partial charge in [-0.1, -0.05) is 41.6 Å². The predicted octanol–water partition coefficient (Wildman–Crippen LogP) is 4.75. The Balaban J connectivity index is 1.58. The summed E-state index contributed by atoms with van der Waals surface area (Å²) < 4.78 is 26.6. The van der Waals surface area contributed by atoms with E-state index in [9.17, 15) is 10.1 Å². The molecule has 174 valence electrons. The molecule has 10 heteroatoms. The third kappa shape index (κ3) is 5.26.